The summed E-state index contributed by atoms with van der Waals surface area (Å²) in [4.78, 5) is 31.9. The Labute approximate surface area is 201 Å². The lowest BCUT2D eigenvalue weighted by Gasteiger charge is -2.40. The lowest BCUT2D eigenvalue weighted by Crippen LogP contribution is -2.58. The first-order chi connectivity index (χ1) is 12.5. The number of aliphatic hydroxyl groups is 2. The summed E-state index contributed by atoms with van der Waals surface area (Å²) >= 11 is 0. The van der Waals surface area contributed by atoms with E-state index in [1.165, 1.54) is 0 Å². The molecule has 14 heteroatoms. The summed E-state index contributed by atoms with van der Waals surface area (Å²) in [6.45, 7) is 11.7. The fraction of sp³-hybridized carbons (Fsp3) is 0.944. The van der Waals surface area contributed by atoms with Gasteiger partial charge in [-0.3, -0.25) is 0 Å². The Morgan fingerprint density at radius 2 is 1.34 bits per heavy atom. The summed E-state index contributed by atoms with van der Waals surface area (Å²) in [7, 11) is -11.2. The van der Waals surface area contributed by atoms with E-state index in [0.717, 1.165) is 0 Å². The van der Waals surface area contributed by atoms with Crippen molar-refractivity contribution in [2.75, 3.05) is 19.8 Å². The number of carbonyl (C=O) groups is 1. The van der Waals surface area contributed by atoms with Crippen LogP contribution >= 0.6 is 0 Å². The molecule has 0 rings (SSSR count). The molecule has 0 heterocycles. The summed E-state index contributed by atoms with van der Waals surface area (Å²) in [5.41, 5.74) is 0. The van der Waals surface area contributed by atoms with Crippen LogP contribution < -0.4 is 5.32 Å². The van der Waals surface area contributed by atoms with Gasteiger partial charge in [0.15, 0.2) is 0 Å². The quantitative estimate of drug-likeness (QED) is 0.176. The average molecular weight is 540 g/mol. The van der Waals surface area contributed by atoms with E-state index in [0.29, 0.717) is 19.0 Å². The lowest BCUT2D eigenvalue weighted by molar-refractivity contribution is 0.0322. The molecule has 0 aromatic rings. The number of nitrogens with one attached hydrogen (secondary N) is 1. The molecular formula is C18H53NO9Si4. The molecule has 0 fully saturated rings. The molecule has 0 aromatic heterocycles. The molecule has 2 unspecified atom stereocenters. The molecule has 0 saturated heterocycles. The highest BCUT2D eigenvalue weighted by atomic mass is 28.5. The van der Waals surface area contributed by atoms with Crippen molar-refractivity contribution < 1.29 is 41.7 Å². The van der Waals surface area contributed by atoms with Crippen molar-refractivity contribution in [2.24, 2.45) is 0 Å². The van der Waals surface area contributed by atoms with Crippen LogP contribution in [-0.2, 0) is 17.1 Å². The van der Waals surface area contributed by atoms with Gasteiger partial charge in [0, 0.05) is 6.54 Å². The zero-order valence-electron chi connectivity index (χ0n) is 17.9. The Hall–Kier alpha value is -0.142. The van der Waals surface area contributed by atoms with Crippen molar-refractivity contribution >= 4 is 40.3 Å². The van der Waals surface area contributed by atoms with Gasteiger partial charge in [0.2, 0.25) is 0 Å². The van der Waals surface area contributed by atoms with E-state index in [4.69, 9.17) is 27.3 Å². The van der Waals surface area contributed by atoms with Gasteiger partial charge in [0.1, 0.15) is 12.7 Å². The third kappa shape index (κ3) is 23.0. The van der Waals surface area contributed by atoms with Crippen LogP contribution in [-0.4, -0.2) is 86.0 Å². The van der Waals surface area contributed by atoms with E-state index < -0.39 is 53.0 Å². The van der Waals surface area contributed by atoms with Crippen LogP contribution in [0, 0.1) is 0 Å². The first-order valence-electron chi connectivity index (χ1n) is 9.22. The van der Waals surface area contributed by atoms with E-state index in [2.05, 4.69) is 5.32 Å². The molecule has 10 nitrogen and oxygen atoms in total. The van der Waals surface area contributed by atoms with Gasteiger partial charge in [-0.05, 0) is 58.3 Å². The molecule has 0 bridgehead atoms. The number of amides is 1. The smallest absolute Gasteiger partial charge is 0.407 e. The predicted molar refractivity (Wildman–Crippen MR) is 141 cm³/mol. The van der Waals surface area contributed by atoms with Gasteiger partial charge in [-0.25, -0.2) is 4.79 Å². The summed E-state index contributed by atoms with van der Waals surface area (Å²) in [5, 5.41) is 20.4. The Balaban J connectivity index is -0.000000607. The third-order valence-electron chi connectivity index (χ3n) is 3.12. The Morgan fingerprint density at radius 1 is 0.875 bits per heavy atom. The first kappa shape index (κ1) is 42.1. The van der Waals surface area contributed by atoms with E-state index in [1.807, 2.05) is 19.6 Å². The Kier molecular flexibility index (Phi) is 22.8. The molecular weight excluding hydrogens is 487 g/mol. The number of carbonyl (C=O) groups excluding carboxylic acids is 1. The predicted octanol–water partition coefficient (Wildman–Crippen LogP) is 3.21. The molecule has 5 N–H and O–H groups in total. The van der Waals surface area contributed by atoms with Crippen molar-refractivity contribution in [3.05, 3.63) is 0 Å². The maximum absolute atomic E-state index is 11.6. The fourth-order valence-corrected chi connectivity index (χ4v) is 18.6. The minimum absolute atomic E-state index is 0. The van der Waals surface area contributed by atoms with Crippen molar-refractivity contribution in [1.29, 1.82) is 0 Å². The molecule has 32 heavy (non-hydrogen) atoms. The standard InChI is InChI=1S/C14H37NO9Si4.4CH4/c1-25(2,19)22-27(5,6)24-28(7,23-26(3,4)20)10-8-9-15-14(18)21-12-13(17)11-16;;;;/h13,16-17,19-20H,8-12H2,1-7H3,(H,15,18);4*1H4. The molecule has 0 spiro atoms. The zero-order valence-corrected chi connectivity index (χ0v) is 21.9. The molecule has 0 aliphatic rings. The summed E-state index contributed by atoms with van der Waals surface area (Å²) in [6.07, 6.45) is -1.28. The molecule has 0 radical (unpaired) electrons. The Bertz CT molecular complexity index is 488. The second-order valence-electron chi connectivity index (χ2n) is 8.20. The van der Waals surface area contributed by atoms with Gasteiger partial charge in [0.25, 0.3) is 0 Å². The maximum Gasteiger partial charge on any atom is 0.407 e. The first-order valence-corrected chi connectivity index (χ1v) is 20.3. The Morgan fingerprint density at radius 3 is 1.75 bits per heavy atom. The second kappa shape index (κ2) is 17.3. The van der Waals surface area contributed by atoms with Crippen LogP contribution in [0.2, 0.25) is 51.9 Å². The van der Waals surface area contributed by atoms with Crippen molar-refractivity contribution in [1.82, 2.24) is 5.32 Å². The van der Waals surface area contributed by atoms with Gasteiger partial charge < -0.3 is 42.2 Å². The highest BCUT2D eigenvalue weighted by Gasteiger charge is 2.45. The third-order valence-corrected chi connectivity index (χ3v) is 15.8. The van der Waals surface area contributed by atoms with Crippen molar-refractivity contribution in [2.45, 2.75) is 94.1 Å². The lowest BCUT2D eigenvalue weighted by atomic mass is 10.4. The van der Waals surface area contributed by atoms with Gasteiger partial charge >= 0.3 is 40.3 Å². The van der Waals surface area contributed by atoms with Crippen LogP contribution in [0.3, 0.4) is 0 Å². The van der Waals surface area contributed by atoms with Crippen LogP contribution in [0.5, 0.6) is 0 Å². The fourth-order valence-electron chi connectivity index (χ4n) is 2.67. The minimum Gasteiger partial charge on any atom is -0.447 e. The summed E-state index contributed by atoms with van der Waals surface area (Å²) < 4.78 is 22.8. The number of alkyl carbamates (subject to hydrolysis) is 1. The monoisotopic (exact) mass is 539 g/mol. The molecule has 0 aliphatic heterocycles. The highest BCUT2D eigenvalue weighted by molar-refractivity contribution is 6.87. The summed E-state index contributed by atoms with van der Waals surface area (Å²) in [6, 6.07) is 0.497. The number of rotatable bonds is 13. The molecule has 0 saturated carbocycles. The van der Waals surface area contributed by atoms with Crippen molar-refractivity contribution in [3.8, 4) is 0 Å². The van der Waals surface area contributed by atoms with Crippen LogP contribution in [0.15, 0.2) is 0 Å². The molecule has 0 aromatic carbocycles. The van der Waals surface area contributed by atoms with Crippen LogP contribution in [0.25, 0.3) is 0 Å². The second-order valence-corrected chi connectivity index (χ2v) is 22.0. The average Bonchev–Trinajstić information content (AvgIpc) is 2.43. The van der Waals surface area contributed by atoms with Gasteiger partial charge in [-0.1, -0.05) is 29.7 Å². The molecule has 1 amide bonds. The largest absolute Gasteiger partial charge is 0.447 e. The van der Waals surface area contributed by atoms with Crippen LogP contribution in [0.1, 0.15) is 36.1 Å². The minimum atomic E-state index is -2.87. The van der Waals surface area contributed by atoms with E-state index in [9.17, 15) is 14.4 Å². The molecule has 200 valence electrons. The maximum atomic E-state index is 11.6. The zero-order chi connectivity index (χ0) is 22.2. The summed E-state index contributed by atoms with van der Waals surface area (Å²) in [5.74, 6) is 0. The normalized spacial score (nSPS) is 14.3. The topological polar surface area (TPSA) is 147 Å². The van der Waals surface area contributed by atoms with E-state index >= 15 is 0 Å². The van der Waals surface area contributed by atoms with Gasteiger partial charge in [-0.15, -0.1) is 0 Å². The van der Waals surface area contributed by atoms with E-state index in [-0.39, 0.29) is 36.3 Å². The van der Waals surface area contributed by atoms with E-state index in [1.54, 1.807) is 26.2 Å². The molecule has 0 aliphatic carbocycles. The number of hydrogen-bond acceptors (Lipinski definition) is 9. The van der Waals surface area contributed by atoms with Crippen molar-refractivity contribution in [3.63, 3.8) is 0 Å². The number of aliphatic hydroxyl groups excluding tert-OH is 2. The van der Waals surface area contributed by atoms with Gasteiger partial charge in [0.05, 0.1) is 6.61 Å². The van der Waals surface area contributed by atoms with Crippen LogP contribution in [0.4, 0.5) is 4.79 Å². The highest BCUT2D eigenvalue weighted by Crippen LogP contribution is 2.26. The molecule has 2 atom stereocenters. The SMILES string of the molecule is C.C.C.C.C[Si](C)(O)O[Si](C)(C)O[Si](C)(CCCNC(=O)OCC(O)CO)O[Si](C)(C)O. The number of hydrogen-bond donors (Lipinski definition) is 5. The number of ether oxygens (including phenoxy) is 1. The van der Waals surface area contributed by atoms with Gasteiger partial charge in [-0.2, -0.15) is 0 Å².